The molecule has 1 aliphatic rings. The Hall–Kier alpha value is -6.44. The van der Waals surface area contributed by atoms with E-state index in [2.05, 4.69) is 184 Å². The molecule has 10 aromatic rings. The highest BCUT2D eigenvalue weighted by atomic mass is 16.3. The summed E-state index contributed by atoms with van der Waals surface area (Å²) in [6, 6.07) is 62.2. The fourth-order valence-corrected chi connectivity index (χ4v) is 9.20. The molecular weight excluding hydrogens is 629 g/mol. The molecule has 0 saturated heterocycles. The van der Waals surface area contributed by atoms with Crippen LogP contribution in [0.25, 0.3) is 98.8 Å². The van der Waals surface area contributed by atoms with E-state index in [9.17, 15) is 0 Å². The lowest BCUT2D eigenvalue weighted by molar-refractivity contribution is 0.657. The van der Waals surface area contributed by atoms with Crippen molar-refractivity contribution in [3.05, 3.63) is 181 Å². The van der Waals surface area contributed by atoms with Crippen LogP contribution in [-0.2, 0) is 5.41 Å². The Kier molecular flexibility index (Phi) is 6.08. The summed E-state index contributed by atoms with van der Waals surface area (Å²) in [7, 11) is 0. The van der Waals surface area contributed by atoms with Gasteiger partial charge >= 0.3 is 0 Å². The highest BCUT2D eigenvalue weighted by molar-refractivity contribution is 6.22. The van der Waals surface area contributed by atoms with Gasteiger partial charge in [-0.05, 0) is 101 Å². The first-order valence-corrected chi connectivity index (χ1v) is 18.2. The number of hydrogen-bond acceptors (Lipinski definition) is 1. The fraction of sp³-hybridized carbons (Fsp3) is 0.0588. The van der Waals surface area contributed by atoms with Gasteiger partial charge in [0.2, 0.25) is 0 Å². The molecule has 1 nitrogen and oxygen atoms in total. The first kappa shape index (κ1) is 29.3. The van der Waals surface area contributed by atoms with E-state index in [1.165, 1.54) is 93.3 Å². The van der Waals surface area contributed by atoms with E-state index in [1.807, 2.05) is 0 Å². The topological polar surface area (TPSA) is 13.1 Å². The summed E-state index contributed by atoms with van der Waals surface area (Å²) < 4.78 is 6.77. The van der Waals surface area contributed by atoms with Gasteiger partial charge in [-0.2, -0.15) is 0 Å². The lowest BCUT2D eigenvalue weighted by Crippen LogP contribution is -2.14. The number of hydrogen-bond donors (Lipinski definition) is 0. The van der Waals surface area contributed by atoms with Crippen LogP contribution in [0.5, 0.6) is 0 Å². The van der Waals surface area contributed by atoms with Crippen molar-refractivity contribution in [1.82, 2.24) is 0 Å². The molecule has 244 valence electrons. The molecule has 1 aromatic heterocycles. The van der Waals surface area contributed by atoms with Gasteiger partial charge in [-0.1, -0.05) is 166 Å². The van der Waals surface area contributed by atoms with Gasteiger partial charge in [0.25, 0.3) is 0 Å². The summed E-state index contributed by atoms with van der Waals surface area (Å²) in [5, 5.41) is 9.80. The maximum absolute atomic E-state index is 6.77. The van der Waals surface area contributed by atoms with Gasteiger partial charge in [0.1, 0.15) is 11.2 Å². The highest BCUT2D eigenvalue weighted by Crippen LogP contribution is 2.53. The Morgan fingerprint density at radius 3 is 1.63 bits per heavy atom. The van der Waals surface area contributed by atoms with E-state index in [0.29, 0.717) is 0 Å². The van der Waals surface area contributed by atoms with Crippen LogP contribution in [0.4, 0.5) is 0 Å². The highest BCUT2D eigenvalue weighted by Gasteiger charge is 2.37. The minimum Gasteiger partial charge on any atom is -0.455 e. The molecule has 1 heteroatoms. The molecule has 52 heavy (non-hydrogen) atoms. The predicted molar refractivity (Wildman–Crippen MR) is 220 cm³/mol. The molecule has 0 saturated carbocycles. The van der Waals surface area contributed by atoms with Gasteiger partial charge in [-0.15, -0.1) is 0 Å². The molecule has 0 bridgehead atoms. The van der Waals surface area contributed by atoms with Crippen molar-refractivity contribution in [2.45, 2.75) is 19.3 Å². The molecule has 0 unspecified atom stereocenters. The smallest absolute Gasteiger partial charge is 0.143 e. The average Bonchev–Trinajstić information content (AvgIpc) is 3.69. The van der Waals surface area contributed by atoms with Crippen molar-refractivity contribution in [3.8, 4) is 44.5 Å². The minimum absolute atomic E-state index is 0.0532. The standard InChI is InChI=1S/C51H34O/c1-51(2)43-19-11-10-18-40(43)48-44(51)28-29-45-49(48)41-27-26-32-22-25-35(30-42(32)50(41)52-45)31-20-23-34(24-21-31)47-38-16-8-6-14-36(38)46(33-12-4-3-5-13-33)37-15-7-9-17-39(37)47/h3-30H,1-2H3. The van der Waals surface area contributed by atoms with E-state index in [0.717, 1.165) is 16.6 Å². The van der Waals surface area contributed by atoms with Crippen molar-refractivity contribution in [2.24, 2.45) is 0 Å². The van der Waals surface area contributed by atoms with Crippen LogP contribution in [0, 0.1) is 0 Å². The first-order valence-electron chi connectivity index (χ1n) is 18.2. The Labute approximate surface area is 302 Å². The van der Waals surface area contributed by atoms with Crippen molar-refractivity contribution in [3.63, 3.8) is 0 Å². The average molecular weight is 663 g/mol. The third-order valence-electron chi connectivity index (χ3n) is 11.7. The summed E-state index contributed by atoms with van der Waals surface area (Å²) in [6.07, 6.45) is 0. The zero-order valence-corrected chi connectivity index (χ0v) is 29.1. The number of fused-ring (bicyclic) bond motifs is 11. The zero-order chi connectivity index (χ0) is 34.6. The molecule has 9 aromatic carbocycles. The second-order valence-corrected chi connectivity index (χ2v) is 14.8. The predicted octanol–water partition coefficient (Wildman–Crippen LogP) is 14.4. The largest absolute Gasteiger partial charge is 0.455 e. The van der Waals surface area contributed by atoms with Crippen molar-refractivity contribution >= 4 is 54.3 Å². The monoisotopic (exact) mass is 662 g/mol. The normalized spacial score (nSPS) is 13.3. The molecule has 11 rings (SSSR count). The molecular formula is C51H34O. The maximum Gasteiger partial charge on any atom is 0.143 e. The van der Waals surface area contributed by atoms with Crippen LogP contribution in [0.15, 0.2) is 174 Å². The van der Waals surface area contributed by atoms with E-state index < -0.39 is 0 Å². The molecule has 0 aliphatic heterocycles. The summed E-state index contributed by atoms with van der Waals surface area (Å²) in [6.45, 7) is 4.67. The van der Waals surface area contributed by atoms with Crippen LogP contribution >= 0.6 is 0 Å². The lowest BCUT2D eigenvalue weighted by atomic mass is 9.82. The van der Waals surface area contributed by atoms with Gasteiger partial charge in [-0.3, -0.25) is 0 Å². The van der Waals surface area contributed by atoms with Gasteiger partial charge in [0.15, 0.2) is 0 Å². The van der Waals surface area contributed by atoms with Crippen LogP contribution in [0.1, 0.15) is 25.0 Å². The van der Waals surface area contributed by atoms with Crippen molar-refractivity contribution < 1.29 is 4.42 Å². The van der Waals surface area contributed by atoms with E-state index in [4.69, 9.17) is 4.42 Å². The van der Waals surface area contributed by atoms with Gasteiger partial charge in [0.05, 0.1) is 0 Å². The molecule has 0 radical (unpaired) electrons. The quantitative estimate of drug-likeness (QED) is 0.172. The fourth-order valence-electron chi connectivity index (χ4n) is 9.20. The number of benzene rings is 9. The zero-order valence-electron chi connectivity index (χ0n) is 29.1. The second-order valence-electron chi connectivity index (χ2n) is 14.8. The van der Waals surface area contributed by atoms with E-state index in [-0.39, 0.29) is 5.41 Å². The Morgan fingerprint density at radius 1 is 0.385 bits per heavy atom. The molecule has 1 heterocycles. The Balaban J connectivity index is 1.06. The summed E-state index contributed by atoms with van der Waals surface area (Å²) in [4.78, 5) is 0. The van der Waals surface area contributed by atoms with Crippen LogP contribution in [-0.4, -0.2) is 0 Å². The van der Waals surface area contributed by atoms with Crippen molar-refractivity contribution in [1.29, 1.82) is 0 Å². The molecule has 1 aliphatic carbocycles. The van der Waals surface area contributed by atoms with Crippen molar-refractivity contribution in [2.75, 3.05) is 0 Å². The molecule has 0 spiro atoms. The van der Waals surface area contributed by atoms with Crippen LogP contribution < -0.4 is 0 Å². The Bertz CT molecular complexity index is 3010. The SMILES string of the molecule is CC1(C)c2ccccc2-c2c1ccc1oc3c4cc(-c5ccc(-c6c7ccccc7c(-c7ccccc7)c7ccccc67)cc5)ccc4ccc3c21. The Morgan fingerprint density at radius 2 is 0.942 bits per heavy atom. The lowest BCUT2D eigenvalue weighted by Gasteiger charge is -2.21. The van der Waals surface area contributed by atoms with Crippen LogP contribution in [0.3, 0.4) is 0 Å². The molecule has 0 fully saturated rings. The number of rotatable bonds is 3. The van der Waals surface area contributed by atoms with Gasteiger partial charge in [-0.25, -0.2) is 0 Å². The summed E-state index contributed by atoms with van der Waals surface area (Å²) in [5.74, 6) is 0. The molecule has 0 atom stereocenters. The third kappa shape index (κ3) is 4.05. The summed E-state index contributed by atoms with van der Waals surface area (Å²) >= 11 is 0. The molecule has 0 N–H and O–H groups in total. The van der Waals surface area contributed by atoms with Gasteiger partial charge in [0, 0.05) is 21.6 Å². The van der Waals surface area contributed by atoms with Crippen LogP contribution in [0.2, 0.25) is 0 Å². The number of furan rings is 1. The second kappa shape index (κ2) is 10.8. The van der Waals surface area contributed by atoms with Gasteiger partial charge < -0.3 is 4.42 Å². The van der Waals surface area contributed by atoms with E-state index in [1.54, 1.807) is 0 Å². The maximum atomic E-state index is 6.77. The first-order chi connectivity index (χ1) is 25.6. The van der Waals surface area contributed by atoms with E-state index >= 15 is 0 Å². The minimum atomic E-state index is -0.0532. The third-order valence-corrected chi connectivity index (χ3v) is 11.7. The summed E-state index contributed by atoms with van der Waals surface area (Å²) in [5.41, 5.74) is 14.6. The molecule has 0 amide bonds.